The third-order valence-corrected chi connectivity index (χ3v) is 4.43. The number of hydrogen-bond donors (Lipinski definition) is 0. The fourth-order valence-electron chi connectivity index (χ4n) is 1.76. The number of carbonyl (C=O) groups is 1. The Morgan fingerprint density at radius 1 is 1.38 bits per heavy atom. The van der Waals surface area contributed by atoms with Crippen molar-refractivity contribution in [2.45, 2.75) is 6.42 Å². The topological polar surface area (TPSA) is 23.6 Å². The number of carbonyl (C=O) groups excluding carboxylic acids is 1. The lowest BCUT2D eigenvalue weighted by molar-refractivity contribution is -0.131. The third-order valence-electron chi connectivity index (χ3n) is 2.81. The molecule has 0 aliphatic carbocycles. The fraction of sp³-hybridized carbons (Fsp3) is 0.545. The van der Waals surface area contributed by atoms with Gasteiger partial charge in [-0.15, -0.1) is 11.3 Å². The normalized spacial score (nSPS) is 17.8. The van der Waals surface area contributed by atoms with Crippen LogP contribution >= 0.6 is 27.3 Å². The monoisotopic (exact) mass is 302 g/mol. The Balaban J connectivity index is 1.88. The molecule has 0 N–H and O–H groups in total. The van der Waals surface area contributed by atoms with Gasteiger partial charge < -0.3 is 9.80 Å². The van der Waals surface area contributed by atoms with E-state index in [1.807, 2.05) is 17.0 Å². The van der Waals surface area contributed by atoms with Crippen LogP contribution in [-0.4, -0.2) is 48.9 Å². The highest BCUT2D eigenvalue weighted by Crippen LogP contribution is 2.22. The van der Waals surface area contributed by atoms with Gasteiger partial charge in [-0.25, -0.2) is 0 Å². The number of likely N-dealkylation sites (N-methyl/N-ethyl adjacent to an activating group) is 1. The largest absolute Gasteiger partial charge is 0.340 e. The van der Waals surface area contributed by atoms with Gasteiger partial charge in [0.25, 0.3) is 0 Å². The van der Waals surface area contributed by atoms with E-state index in [-0.39, 0.29) is 5.91 Å². The van der Waals surface area contributed by atoms with E-state index in [1.165, 1.54) is 0 Å². The lowest BCUT2D eigenvalue weighted by Gasteiger charge is -2.32. The molecule has 1 aliphatic heterocycles. The van der Waals surface area contributed by atoms with E-state index in [2.05, 4.69) is 27.9 Å². The van der Waals surface area contributed by atoms with E-state index >= 15 is 0 Å². The summed E-state index contributed by atoms with van der Waals surface area (Å²) in [5.74, 6) is 0.252. The van der Waals surface area contributed by atoms with Crippen LogP contribution in [0.2, 0.25) is 0 Å². The number of piperazine rings is 1. The van der Waals surface area contributed by atoms with Gasteiger partial charge in [0.05, 0.1) is 10.2 Å². The summed E-state index contributed by atoms with van der Waals surface area (Å²) in [7, 11) is 2.10. The molecule has 5 heteroatoms. The fourth-order valence-corrected chi connectivity index (χ4v) is 3.24. The zero-order valence-electron chi connectivity index (χ0n) is 9.28. The van der Waals surface area contributed by atoms with Crippen LogP contribution in [0.15, 0.2) is 15.9 Å². The summed E-state index contributed by atoms with van der Waals surface area (Å²) in [6.45, 7) is 3.70. The van der Waals surface area contributed by atoms with Crippen molar-refractivity contribution < 1.29 is 4.79 Å². The quantitative estimate of drug-likeness (QED) is 0.832. The van der Waals surface area contributed by atoms with Crippen LogP contribution in [0, 0.1) is 0 Å². The Labute approximate surface area is 108 Å². The zero-order valence-corrected chi connectivity index (χ0v) is 11.7. The molecule has 1 aromatic heterocycles. The van der Waals surface area contributed by atoms with Crippen LogP contribution in [0.25, 0.3) is 0 Å². The van der Waals surface area contributed by atoms with E-state index in [4.69, 9.17) is 0 Å². The Morgan fingerprint density at radius 2 is 2.06 bits per heavy atom. The molecule has 0 spiro atoms. The molecule has 1 amide bonds. The van der Waals surface area contributed by atoms with Gasteiger partial charge in [-0.2, -0.15) is 0 Å². The maximum absolute atomic E-state index is 12.0. The van der Waals surface area contributed by atoms with E-state index in [0.29, 0.717) is 6.42 Å². The van der Waals surface area contributed by atoms with E-state index < -0.39 is 0 Å². The third kappa shape index (κ3) is 3.06. The van der Waals surface area contributed by atoms with Gasteiger partial charge in [0.1, 0.15) is 0 Å². The summed E-state index contributed by atoms with van der Waals surface area (Å²) in [6.07, 6.45) is 0.542. The van der Waals surface area contributed by atoms with Crippen LogP contribution in [0.1, 0.15) is 4.88 Å². The zero-order chi connectivity index (χ0) is 11.5. The summed E-state index contributed by atoms with van der Waals surface area (Å²) in [6, 6.07) is 4.01. The molecule has 1 saturated heterocycles. The molecule has 0 radical (unpaired) electrons. The lowest BCUT2D eigenvalue weighted by Crippen LogP contribution is -2.47. The molecule has 16 heavy (non-hydrogen) atoms. The highest BCUT2D eigenvalue weighted by atomic mass is 79.9. The van der Waals surface area contributed by atoms with Crippen molar-refractivity contribution in [1.82, 2.24) is 9.80 Å². The van der Waals surface area contributed by atoms with Crippen molar-refractivity contribution in [2.24, 2.45) is 0 Å². The van der Waals surface area contributed by atoms with E-state index in [0.717, 1.165) is 34.8 Å². The SMILES string of the molecule is CN1CCN(C(=O)Cc2ccc(Br)s2)CC1. The minimum atomic E-state index is 0.252. The molecule has 3 nitrogen and oxygen atoms in total. The Morgan fingerprint density at radius 3 is 2.62 bits per heavy atom. The molecule has 1 aliphatic rings. The minimum absolute atomic E-state index is 0.252. The number of thiophene rings is 1. The first-order valence-corrected chi connectivity index (χ1v) is 6.96. The van der Waals surface area contributed by atoms with Gasteiger partial charge >= 0.3 is 0 Å². The summed E-state index contributed by atoms with van der Waals surface area (Å²) in [4.78, 5) is 17.3. The molecule has 0 atom stereocenters. The molecule has 2 heterocycles. The predicted molar refractivity (Wildman–Crippen MR) is 69.8 cm³/mol. The van der Waals surface area contributed by atoms with Crippen LogP contribution in [0.3, 0.4) is 0 Å². The van der Waals surface area contributed by atoms with Crippen LogP contribution < -0.4 is 0 Å². The van der Waals surface area contributed by atoms with Crippen LogP contribution in [-0.2, 0) is 11.2 Å². The maximum atomic E-state index is 12.0. The van der Waals surface area contributed by atoms with Gasteiger partial charge in [-0.3, -0.25) is 4.79 Å². The van der Waals surface area contributed by atoms with E-state index in [9.17, 15) is 4.79 Å². The molecule has 1 aromatic rings. The highest BCUT2D eigenvalue weighted by molar-refractivity contribution is 9.11. The van der Waals surface area contributed by atoms with Gasteiger partial charge in [-0.05, 0) is 35.1 Å². The summed E-state index contributed by atoms with van der Waals surface area (Å²) in [5.41, 5.74) is 0. The van der Waals surface area contributed by atoms with E-state index in [1.54, 1.807) is 11.3 Å². The second-order valence-corrected chi connectivity index (χ2v) is 6.61. The first-order valence-electron chi connectivity index (χ1n) is 5.35. The number of amides is 1. The number of hydrogen-bond acceptors (Lipinski definition) is 3. The maximum Gasteiger partial charge on any atom is 0.227 e. The highest BCUT2D eigenvalue weighted by Gasteiger charge is 2.19. The molecule has 1 fully saturated rings. The predicted octanol–water partition coefficient (Wildman–Crippen LogP) is 1.83. The second-order valence-electron chi connectivity index (χ2n) is 4.07. The molecule has 0 bridgehead atoms. The van der Waals surface area contributed by atoms with Crippen molar-refractivity contribution >= 4 is 33.2 Å². The van der Waals surface area contributed by atoms with Gasteiger partial charge in [0.2, 0.25) is 5.91 Å². The van der Waals surface area contributed by atoms with Crippen molar-refractivity contribution in [3.63, 3.8) is 0 Å². The first kappa shape index (κ1) is 12.1. The Bertz CT molecular complexity index is 372. The molecule has 0 unspecified atom stereocenters. The first-order chi connectivity index (χ1) is 7.65. The Hall–Kier alpha value is -0.390. The smallest absolute Gasteiger partial charge is 0.227 e. The number of nitrogens with zero attached hydrogens (tertiary/aromatic N) is 2. The average molecular weight is 303 g/mol. The molecule has 2 rings (SSSR count). The van der Waals surface area contributed by atoms with Crippen LogP contribution in [0.4, 0.5) is 0 Å². The second kappa shape index (κ2) is 5.29. The van der Waals surface area contributed by atoms with Crippen molar-refractivity contribution in [3.8, 4) is 0 Å². The average Bonchev–Trinajstić information content (AvgIpc) is 2.65. The van der Waals surface area contributed by atoms with Crippen molar-refractivity contribution in [1.29, 1.82) is 0 Å². The number of rotatable bonds is 2. The van der Waals surface area contributed by atoms with Crippen molar-refractivity contribution in [3.05, 3.63) is 20.8 Å². The van der Waals surface area contributed by atoms with Crippen LogP contribution in [0.5, 0.6) is 0 Å². The molecule has 88 valence electrons. The summed E-state index contributed by atoms with van der Waals surface area (Å²) >= 11 is 5.05. The molecule has 0 aromatic carbocycles. The van der Waals surface area contributed by atoms with Gasteiger partial charge in [0, 0.05) is 31.1 Å². The van der Waals surface area contributed by atoms with Crippen molar-refractivity contribution in [2.75, 3.05) is 33.2 Å². The standard InChI is InChI=1S/C11H15BrN2OS/c1-13-4-6-14(7-5-13)11(15)8-9-2-3-10(12)16-9/h2-3H,4-8H2,1H3. The molecular weight excluding hydrogens is 288 g/mol. The lowest BCUT2D eigenvalue weighted by atomic mass is 10.2. The van der Waals surface area contributed by atoms with Gasteiger partial charge in [-0.1, -0.05) is 0 Å². The minimum Gasteiger partial charge on any atom is -0.340 e. The van der Waals surface area contributed by atoms with Gasteiger partial charge in [0.15, 0.2) is 0 Å². The Kier molecular flexibility index (Phi) is 4.00. The summed E-state index contributed by atoms with van der Waals surface area (Å²) in [5, 5.41) is 0. The summed E-state index contributed by atoms with van der Waals surface area (Å²) < 4.78 is 1.09. The molecular formula is C11H15BrN2OS. The number of halogens is 1. The molecule has 0 saturated carbocycles.